The minimum Gasteiger partial charge on any atom is -0.399 e. The second kappa shape index (κ2) is 6.41. The molecule has 0 radical (unpaired) electrons. The Hall–Kier alpha value is -1.77. The fraction of sp³-hybridized carbons (Fsp3) is 0.438. The molecule has 2 unspecified atom stereocenters. The summed E-state index contributed by atoms with van der Waals surface area (Å²) in [5, 5.41) is 2.98. The average molecular weight is 258 g/mol. The van der Waals surface area contributed by atoms with Crippen LogP contribution in [0.25, 0.3) is 6.08 Å². The Kier molecular flexibility index (Phi) is 4.61. The van der Waals surface area contributed by atoms with Crippen LogP contribution in [-0.2, 0) is 4.79 Å². The molecular weight excluding hydrogens is 236 g/mol. The minimum absolute atomic E-state index is 0.0264. The van der Waals surface area contributed by atoms with Gasteiger partial charge in [0.25, 0.3) is 0 Å². The lowest BCUT2D eigenvalue weighted by Gasteiger charge is -2.14. The topological polar surface area (TPSA) is 55.1 Å². The standard InChI is InChI=1S/C16H22N2O/c1-12-4-2-6-14(12)11-18-16(19)9-8-13-5-3-7-15(17)10-13/h3,5,7-10,12,14H,2,4,6,11,17H2,1H3,(H,18,19)/b9-8+. The van der Waals surface area contributed by atoms with Gasteiger partial charge in [-0.15, -0.1) is 0 Å². The van der Waals surface area contributed by atoms with Crippen molar-refractivity contribution in [3.8, 4) is 0 Å². The van der Waals surface area contributed by atoms with Crippen LogP contribution in [0.1, 0.15) is 31.7 Å². The number of rotatable bonds is 4. The first-order valence-electron chi connectivity index (χ1n) is 6.96. The molecule has 19 heavy (non-hydrogen) atoms. The molecule has 0 bridgehead atoms. The lowest BCUT2D eigenvalue weighted by molar-refractivity contribution is -0.116. The maximum absolute atomic E-state index is 11.7. The maximum Gasteiger partial charge on any atom is 0.244 e. The fourth-order valence-electron chi connectivity index (χ4n) is 2.65. The van der Waals surface area contributed by atoms with Crippen molar-refractivity contribution < 1.29 is 4.79 Å². The van der Waals surface area contributed by atoms with Crippen molar-refractivity contribution in [2.75, 3.05) is 12.3 Å². The smallest absolute Gasteiger partial charge is 0.244 e. The number of amides is 1. The summed E-state index contributed by atoms with van der Waals surface area (Å²) in [7, 11) is 0. The highest BCUT2D eigenvalue weighted by atomic mass is 16.1. The van der Waals surface area contributed by atoms with E-state index in [4.69, 9.17) is 5.73 Å². The number of nitrogen functional groups attached to an aromatic ring is 1. The van der Waals surface area contributed by atoms with E-state index in [9.17, 15) is 4.79 Å². The van der Waals surface area contributed by atoms with Gasteiger partial charge in [-0.25, -0.2) is 0 Å². The summed E-state index contributed by atoms with van der Waals surface area (Å²) in [5.74, 6) is 1.35. The minimum atomic E-state index is -0.0264. The molecule has 0 spiro atoms. The van der Waals surface area contributed by atoms with Crippen LogP contribution in [0.3, 0.4) is 0 Å². The maximum atomic E-state index is 11.7. The summed E-state index contributed by atoms with van der Waals surface area (Å²) in [5.41, 5.74) is 7.35. The van der Waals surface area contributed by atoms with Gasteiger partial charge in [0, 0.05) is 18.3 Å². The first kappa shape index (κ1) is 13.7. The summed E-state index contributed by atoms with van der Waals surface area (Å²) in [6.07, 6.45) is 7.19. The number of hydrogen-bond donors (Lipinski definition) is 2. The summed E-state index contributed by atoms with van der Waals surface area (Å²) < 4.78 is 0. The summed E-state index contributed by atoms with van der Waals surface area (Å²) in [4.78, 5) is 11.7. The average Bonchev–Trinajstić information content (AvgIpc) is 2.80. The van der Waals surface area contributed by atoms with Crippen LogP contribution in [0.15, 0.2) is 30.3 Å². The fourth-order valence-corrected chi connectivity index (χ4v) is 2.65. The van der Waals surface area contributed by atoms with Crippen LogP contribution < -0.4 is 11.1 Å². The van der Waals surface area contributed by atoms with E-state index in [1.54, 1.807) is 12.2 Å². The normalized spacial score (nSPS) is 22.8. The van der Waals surface area contributed by atoms with E-state index < -0.39 is 0 Å². The lowest BCUT2D eigenvalue weighted by atomic mass is 9.98. The zero-order chi connectivity index (χ0) is 13.7. The first-order valence-corrected chi connectivity index (χ1v) is 6.96. The molecule has 2 rings (SSSR count). The van der Waals surface area contributed by atoms with Gasteiger partial charge in [0.15, 0.2) is 0 Å². The molecule has 1 aromatic rings. The Balaban J connectivity index is 1.81. The molecule has 2 atom stereocenters. The molecule has 1 amide bonds. The van der Waals surface area contributed by atoms with Crippen LogP contribution in [0.2, 0.25) is 0 Å². The number of carbonyl (C=O) groups is 1. The SMILES string of the molecule is CC1CCCC1CNC(=O)/C=C/c1cccc(N)c1. The molecule has 0 saturated heterocycles. The van der Waals surface area contributed by atoms with Gasteiger partial charge in [-0.2, -0.15) is 0 Å². The van der Waals surface area contributed by atoms with E-state index in [-0.39, 0.29) is 5.91 Å². The highest BCUT2D eigenvalue weighted by Gasteiger charge is 2.23. The van der Waals surface area contributed by atoms with E-state index in [1.807, 2.05) is 24.3 Å². The van der Waals surface area contributed by atoms with Crippen LogP contribution >= 0.6 is 0 Å². The number of hydrogen-bond acceptors (Lipinski definition) is 2. The van der Waals surface area contributed by atoms with E-state index in [0.717, 1.165) is 18.0 Å². The zero-order valence-corrected chi connectivity index (χ0v) is 11.4. The van der Waals surface area contributed by atoms with Crippen LogP contribution in [0.4, 0.5) is 5.69 Å². The van der Waals surface area contributed by atoms with Crippen molar-refractivity contribution in [2.45, 2.75) is 26.2 Å². The largest absolute Gasteiger partial charge is 0.399 e. The Morgan fingerprint density at radius 3 is 3.00 bits per heavy atom. The van der Waals surface area contributed by atoms with Crippen LogP contribution in [-0.4, -0.2) is 12.5 Å². The van der Waals surface area contributed by atoms with Crippen molar-refractivity contribution in [1.82, 2.24) is 5.32 Å². The molecule has 3 heteroatoms. The predicted molar refractivity (Wildman–Crippen MR) is 79.4 cm³/mol. The van der Waals surface area contributed by atoms with Crippen LogP contribution in [0.5, 0.6) is 0 Å². The molecule has 0 aromatic heterocycles. The van der Waals surface area contributed by atoms with Gasteiger partial charge in [0.05, 0.1) is 0 Å². The molecule has 1 aromatic carbocycles. The number of nitrogens with two attached hydrogens (primary N) is 1. The summed E-state index contributed by atoms with van der Waals surface area (Å²) in [6, 6.07) is 7.49. The van der Waals surface area contributed by atoms with E-state index >= 15 is 0 Å². The third kappa shape index (κ3) is 4.12. The molecule has 1 saturated carbocycles. The number of anilines is 1. The van der Waals surface area contributed by atoms with Crippen molar-refractivity contribution >= 4 is 17.7 Å². The van der Waals surface area contributed by atoms with E-state index in [0.29, 0.717) is 11.6 Å². The van der Waals surface area contributed by atoms with Crippen molar-refractivity contribution in [1.29, 1.82) is 0 Å². The molecule has 3 nitrogen and oxygen atoms in total. The Labute approximate surface area is 114 Å². The van der Waals surface area contributed by atoms with Crippen molar-refractivity contribution in [3.63, 3.8) is 0 Å². The van der Waals surface area contributed by atoms with Gasteiger partial charge in [-0.3, -0.25) is 4.79 Å². The van der Waals surface area contributed by atoms with Crippen molar-refractivity contribution in [3.05, 3.63) is 35.9 Å². The second-order valence-electron chi connectivity index (χ2n) is 5.42. The molecule has 0 heterocycles. The predicted octanol–water partition coefficient (Wildman–Crippen LogP) is 2.83. The van der Waals surface area contributed by atoms with Gasteiger partial charge in [0.1, 0.15) is 0 Å². The highest BCUT2D eigenvalue weighted by molar-refractivity contribution is 5.91. The molecule has 1 aliphatic carbocycles. The third-order valence-corrected chi connectivity index (χ3v) is 3.92. The quantitative estimate of drug-likeness (QED) is 0.644. The lowest BCUT2D eigenvalue weighted by Crippen LogP contribution is -2.28. The van der Waals surface area contributed by atoms with Gasteiger partial charge in [-0.05, 0) is 42.0 Å². The molecule has 1 aliphatic rings. The monoisotopic (exact) mass is 258 g/mol. The number of carbonyl (C=O) groups excluding carboxylic acids is 1. The van der Waals surface area contributed by atoms with E-state index in [2.05, 4.69) is 12.2 Å². The zero-order valence-electron chi connectivity index (χ0n) is 11.4. The van der Waals surface area contributed by atoms with Gasteiger partial charge < -0.3 is 11.1 Å². The van der Waals surface area contributed by atoms with Crippen molar-refractivity contribution in [2.24, 2.45) is 11.8 Å². The first-order chi connectivity index (χ1) is 9.15. The number of benzene rings is 1. The second-order valence-corrected chi connectivity index (χ2v) is 5.42. The molecule has 0 aliphatic heterocycles. The van der Waals surface area contributed by atoms with Crippen LogP contribution in [0, 0.1) is 11.8 Å². The van der Waals surface area contributed by atoms with Gasteiger partial charge in [0.2, 0.25) is 5.91 Å². The molecular formula is C16H22N2O. The van der Waals surface area contributed by atoms with Gasteiger partial charge >= 0.3 is 0 Å². The van der Waals surface area contributed by atoms with Gasteiger partial charge in [-0.1, -0.05) is 31.9 Å². The number of nitrogens with one attached hydrogen (secondary N) is 1. The third-order valence-electron chi connectivity index (χ3n) is 3.92. The Morgan fingerprint density at radius 2 is 2.32 bits per heavy atom. The van der Waals surface area contributed by atoms with E-state index in [1.165, 1.54) is 19.3 Å². The Morgan fingerprint density at radius 1 is 1.47 bits per heavy atom. The summed E-state index contributed by atoms with van der Waals surface area (Å²) >= 11 is 0. The highest BCUT2D eigenvalue weighted by Crippen LogP contribution is 2.30. The summed E-state index contributed by atoms with van der Waals surface area (Å²) in [6.45, 7) is 3.06. The molecule has 1 fully saturated rings. The molecule has 3 N–H and O–H groups in total. The Bertz CT molecular complexity index is 468. The molecule has 102 valence electrons.